The minimum Gasteiger partial charge on any atom is -0.418 e. The standard InChI is InChI=1S/C13H31NOSi/c1-7-10-14(11-8-2)13(4)12-16(5,6)15-9-3/h13H,7-12H2,1-6H3. The average molecular weight is 245 g/mol. The molecule has 0 aliphatic heterocycles. The predicted molar refractivity (Wildman–Crippen MR) is 75.5 cm³/mol. The molecule has 0 fully saturated rings. The van der Waals surface area contributed by atoms with E-state index in [-0.39, 0.29) is 0 Å². The lowest BCUT2D eigenvalue weighted by molar-refractivity contribution is 0.213. The predicted octanol–water partition coefficient (Wildman–Crippen LogP) is 3.74. The zero-order chi connectivity index (χ0) is 12.6. The number of nitrogens with zero attached hydrogens (tertiary/aromatic N) is 1. The van der Waals surface area contributed by atoms with Crippen LogP contribution >= 0.6 is 0 Å². The fourth-order valence-electron chi connectivity index (χ4n) is 2.42. The van der Waals surface area contributed by atoms with Crippen molar-refractivity contribution in [3.8, 4) is 0 Å². The Morgan fingerprint density at radius 2 is 1.56 bits per heavy atom. The van der Waals surface area contributed by atoms with Crippen LogP contribution in [0.15, 0.2) is 0 Å². The lowest BCUT2D eigenvalue weighted by atomic mass is 10.2. The summed E-state index contributed by atoms with van der Waals surface area (Å²) in [4.78, 5) is 2.62. The van der Waals surface area contributed by atoms with E-state index in [1.807, 2.05) is 0 Å². The van der Waals surface area contributed by atoms with Gasteiger partial charge in [-0.3, -0.25) is 0 Å². The molecule has 0 aromatic carbocycles. The van der Waals surface area contributed by atoms with Crippen LogP contribution in [-0.2, 0) is 4.43 Å². The van der Waals surface area contributed by atoms with Crippen LogP contribution in [0.4, 0.5) is 0 Å². The van der Waals surface area contributed by atoms with E-state index in [4.69, 9.17) is 4.43 Å². The summed E-state index contributed by atoms with van der Waals surface area (Å²) in [7, 11) is -1.43. The van der Waals surface area contributed by atoms with Crippen molar-refractivity contribution in [2.75, 3.05) is 19.7 Å². The molecule has 98 valence electrons. The van der Waals surface area contributed by atoms with Crippen LogP contribution in [0.25, 0.3) is 0 Å². The maximum atomic E-state index is 5.92. The van der Waals surface area contributed by atoms with E-state index in [1.54, 1.807) is 0 Å². The summed E-state index contributed by atoms with van der Waals surface area (Å²) in [5.41, 5.74) is 0. The molecular weight excluding hydrogens is 214 g/mol. The first kappa shape index (κ1) is 16.1. The molecule has 3 heteroatoms. The van der Waals surface area contributed by atoms with E-state index in [1.165, 1.54) is 32.0 Å². The maximum absolute atomic E-state index is 5.92. The van der Waals surface area contributed by atoms with Gasteiger partial charge in [-0.25, -0.2) is 0 Å². The van der Waals surface area contributed by atoms with Crippen LogP contribution in [0.3, 0.4) is 0 Å². The van der Waals surface area contributed by atoms with Crippen molar-refractivity contribution < 1.29 is 4.43 Å². The van der Waals surface area contributed by atoms with Gasteiger partial charge in [0.05, 0.1) is 0 Å². The van der Waals surface area contributed by atoms with Crippen molar-refractivity contribution in [2.45, 2.75) is 65.7 Å². The molecule has 0 rings (SSSR count). The normalized spacial score (nSPS) is 14.4. The Kier molecular flexibility index (Phi) is 8.33. The van der Waals surface area contributed by atoms with Gasteiger partial charge >= 0.3 is 0 Å². The van der Waals surface area contributed by atoms with E-state index >= 15 is 0 Å². The third-order valence-corrected chi connectivity index (χ3v) is 5.61. The summed E-state index contributed by atoms with van der Waals surface area (Å²) < 4.78 is 5.92. The van der Waals surface area contributed by atoms with Gasteiger partial charge in [0.1, 0.15) is 0 Å². The SMILES string of the molecule is CCCN(CCC)C(C)C[Si](C)(C)OCC. The van der Waals surface area contributed by atoms with E-state index in [0.29, 0.717) is 6.04 Å². The zero-order valence-electron chi connectivity index (χ0n) is 12.2. The molecule has 0 spiro atoms. The van der Waals surface area contributed by atoms with Crippen molar-refractivity contribution >= 4 is 8.32 Å². The van der Waals surface area contributed by atoms with Crippen molar-refractivity contribution in [3.63, 3.8) is 0 Å². The van der Waals surface area contributed by atoms with Gasteiger partial charge < -0.3 is 9.33 Å². The molecular formula is C13H31NOSi. The largest absolute Gasteiger partial charge is 0.418 e. The highest BCUT2D eigenvalue weighted by atomic mass is 28.4. The second-order valence-electron chi connectivity index (χ2n) is 5.28. The Balaban J connectivity index is 4.21. The van der Waals surface area contributed by atoms with Crippen molar-refractivity contribution in [1.29, 1.82) is 0 Å². The molecule has 0 bridgehead atoms. The molecule has 0 N–H and O–H groups in total. The van der Waals surface area contributed by atoms with Crippen LogP contribution in [0, 0.1) is 0 Å². The van der Waals surface area contributed by atoms with Gasteiger partial charge in [-0.15, -0.1) is 0 Å². The second-order valence-corrected chi connectivity index (χ2v) is 9.50. The van der Waals surface area contributed by atoms with Gasteiger partial charge in [0.2, 0.25) is 0 Å². The fraction of sp³-hybridized carbons (Fsp3) is 1.00. The van der Waals surface area contributed by atoms with E-state index < -0.39 is 8.32 Å². The molecule has 0 aliphatic carbocycles. The average Bonchev–Trinajstić information content (AvgIpc) is 2.16. The van der Waals surface area contributed by atoms with Crippen molar-refractivity contribution in [3.05, 3.63) is 0 Å². The third-order valence-electron chi connectivity index (χ3n) is 2.97. The Hall–Kier alpha value is 0.137. The zero-order valence-corrected chi connectivity index (χ0v) is 13.2. The Labute approximate surface area is 103 Å². The van der Waals surface area contributed by atoms with E-state index in [2.05, 4.69) is 45.7 Å². The fourth-order valence-corrected chi connectivity index (χ4v) is 5.00. The summed E-state index contributed by atoms with van der Waals surface area (Å²) in [6.45, 7) is 17.0. The topological polar surface area (TPSA) is 12.5 Å². The molecule has 0 aromatic heterocycles. The molecule has 0 aromatic rings. The summed E-state index contributed by atoms with van der Waals surface area (Å²) in [5, 5.41) is 0. The van der Waals surface area contributed by atoms with Crippen LogP contribution in [0.1, 0.15) is 40.5 Å². The minimum atomic E-state index is -1.43. The lowest BCUT2D eigenvalue weighted by Crippen LogP contribution is -2.42. The molecule has 2 nitrogen and oxygen atoms in total. The molecule has 0 heterocycles. The molecule has 16 heavy (non-hydrogen) atoms. The van der Waals surface area contributed by atoms with Crippen LogP contribution in [0.5, 0.6) is 0 Å². The van der Waals surface area contributed by atoms with Gasteiger partial charge in [-0.2, -0.15) is 0 Å². The molecule has 0 saturated carbocycles. The highest BCUT2D eigenvalue weighted by Crippen LogP contribution is 2.18. The van der Waals surface area contributed by atoms with Gasteiger partial charge in [0, 0.05) is 12.6 Å². The first-order valence-electron chi connectivity index (χ1n) is 6.84. The summed E-state index contributed by atoms with van der Waals surface area (Å²) in [5.74, 6) is 0. The third kappa shape index (κ3) is 6.66. The summed E-state index contributed by atoms with van der Waals surface area (Å²) in [6, 6.07) is 1.93. The molecule has 0 amide bonds. The van der Waals surface area contributed by atoms with Crippen LogP contribution in [-0.4, -0.2) is 39.0 Å². The lowest BCUT2D eigenvalue weighted by Gasteiger charge is -2.33. The summed E-state index contributed by atoms with van der Waals surface area (Å²) >= 11 is 0. The van der Waals surface area contributed by atoms with Gasteiger partial charge in [-0.05, 0) is 58.9 Å². The Morgan fingerprint density at radius 3 is 1.94 bits per heavy atom. The second kappa shape index (κ2) is 8.26. The monoisotopic (exact) mass is 245 g/mol. The first-order chi connectivity index (χ1) is 7.46. The molecule has 0 radical (unpaired) electrons. The van der Waals surface area contributed by atoms with E-state index in [0.717, 1.165) is 6.61 Å². The van der Waals surface area contributed by atoms with E-state index in [9.17, 15) is 0 Å². The maximum Gasteiger partial charge on any atom is 0.188 e. The van der Waals surface area contributed by atoms with Crippen molar-refractivity contribution in [2.24, 2.45) is 0 Å². The number of hydrogen-bond donors (Lipinski definition) is 0. The van der Waals surface area contributed by atoms with Gasteiger partial charge in [0.25, 0.3) is 0 Å². The van der Waals surface area contributed by atoms with Crippen molar-refractivity contribution in [1.82, 2.24) is 4.90 Å². The highest BCUT2D eigenvalue weighted by Gasteiger charge is 2.27. The Bertz CT molecular complexity index is 167. The number of rotatable bonds is 9. The summed E-state index contributed by atoms with van der Waals surface area (Å²) in [6.07, 6.45) is 2.50. The van der Waals surface area contributed by atoms with Crippen LogP contribution < -0.4 is 0 Å². The van der Waals surface area contributed by atoms with Gasteiger partial charge in [-0.1, -0.05) is 13.8 Å². The quantitative estimate of drug-likeness (QED) is 0.574. The van der Waals surface area contributed by atoms with Crippen LogP contribution in [0.2, 0.25) is 19.1 Å². The first-order valence-corrected chi connectivity index (χ1v) is 9.96. The van der Waals surface area contributed by atoms with Gasteiger partial charge in [0.15, 0.2) is 8.32 Å². The molecule has 0 aliphatic rings. The minimum absolute atomic E-state index is 0.674. The molecule has 1 unspecified atom stereocenters. The Morgan fingerprint density at radius 1 is 1.06 bits per heavy atom. The highest BCUT2D eigenvalue weighted by molar-refractivity contribution is 6.71. The number of hydrogen-bond acceptors (Lipinski definition) is 2. The molecule has 1 atom stereocenters. The smallest absolute Gasteiger partial charge is 0.188 e. The molecule has 0 saturated heterocycles.